The summed E-state index contributed by atoms with van der Waals surface area (Å²) >= 11 is 5.08. The molecule has 136 valence electrons. The fraction of sp³-hybridized carbons (Fsp3) is 0.211. The van der Waals surface area contributed by atoms with E-state index in [0.29, 0.717) is 17.8 Å². The average Bonchev–Trinajstić information content (AvgIpc) is 2.62. The summed E-state index contributed by atoms with van der Waals surface area (Å²) in [5, 5.41) is 8.08. The van der Waals surface area contributed by atoms with Gasteiger partial charge in [0.05, 0.1) is 5.56 Å². The number of hydrogen-bond donors (Lipinski definition) is 3. The van der Waals surface area contributed by atoms with E-state index in [1.807, 2.05) is 6.92 Å². The lowest BCUT2D eigenvalue weighted by Crippen LogP contribution is -2.34. The summed E-state index contributed by atoms with van der Waals surface area (Å²) in [7, 11) is 0. The lowest BCUT2D eigenvalue weighted by Gasteiger charge is -2.11. The van der Waals surface area contributed by atoms with Crippen molar-refractivity contribution in [3.05, 3.63) is 65.5 Å². The van der Waals surface area contributed by atoms with Crippen LogP contribution in [-0.4, -0.2) is 23.5 Å². The topological polar surface area (TPSA) is 70.2 Å². The number of nitrogens with one attached hydrogen (secondary N) is 3. The highest BCUT2D eigenvalue weighted by Gasteiger charge is 2.12. The maximum absolute atomic E-state index is 13.6. The second-order valence-electron chi connectivity index (χ2n) is 5.58. The zero-order valence-corrected chi connectivity index (χ0v) is 15.2. The summed E-state index contributed by atoms with van der Waals surface area (Å²) in [5.74, 6) is -1.45. The zero-order chi connectivity index (χ0) is 18.9. The van der Waals surface area contributed by atoms with Crippen molar-refractivity contribution in [3.63, 3.8) is 0 Å². The van der Waals surface area contributed by atoms with Gasteiger partial charge in [-0.15, -0.1) is 0 Å². The van der Waals surface area contributed by atoms with Crippen molar-refractivity contribution in [1.82, 2.24) is 10.6 Å². The van der Waals surface area contributed by atoms with Crippen LogP contribution in [0.4, 0.5) is 10.1 Å². The van der Waals surface area contributed by atoms with Crippen LogP contribution in [0.2, 0.25) is 0 Å². The van der Waals surface area contributed by atoms with Crippen molar-refractivity contribution in [1.29, 1.82) is 0 Å². The Hall–Kier alpha value is -2.80. The van der Waals surface area contributed by atoms with Gasteiger partial charge in [-0.25, -0.2) is 4.39 Å². The normalized spacial score (nSPS) is 10.1. The first-order valence-corrected chi connectivity index (χ1v) is 8.67. The molecule has 0 heterocycles. The van der Waals surface area contributed by atoms with Crippen LogP contribution >= 0.6 is 12.2 Å². The largest absolute Gasteiger partial charge is 0.352 e. The molecule has 2 aromatic carbocycles. The van der Waals surface area contributed by atoms with Crippen LogP contribution in [0.25, 0.3) is 0 Å². The van der Waals surface area contributed by atoms with E-state index in [9.17, 15) is 14.0 Å². The number of unbranched alkanes of at least 4 members (excludes halogenated alkanes) is 1. The predicted molar refractivity (Wildman–Crippen MR) is 104 cm³/mol. The Morgan fingerprint density at radius 1 is 1.08 bits per heavy atom. The van der Waals surface area contributed by atoms with Gasteiger partial charge in [-0.1, -0.05) is 31.5 Å². The molecule has 5 nitrogen and oxygen atoms in total. The smallest absolute Gasteiger partial charge is 0.260 e. The van der Waals surface area contributed by atoms with Crippen molar-refractivity contribution < 1.29 is 14.0 Å². The van der Waals surface area contributed by atoms with E-state index in [0.717, 1.165) is 12.8 Å². The Kier molecular flexibility index (Phi) is 7.23. The third kappa shape index (κ3) is 5.63. The molecule has 0 spiro atoms. The first-order chi connectivity index (χ1) is 12.5. The monoisotopic (exact) mass is 373 g/mol. The second-order valence-corrected chi connectivity index (χ2v) is 5.99. The van der Waals surface area contributed by atoms with Crippen LogP contribution in [0, 0.1) is 5.82 Å². The minimum Gasteiger partial charge on any atom is -0.352 e. The van der Waals surface area contributed by atoms with Crippen LogP contribution in [0.3, 0.4) is 0 Å². The average molecular weight is 373 g/mol. The van der Waals surface area contributed by atoms with Gasteiger partial charge in [-0.2, -0.15) is 0 Å². The van der Waals surface area contributed by atoms with E-state index < -0.39 is 11.7 Å². The van der Waals surface area contributed by atoms with Gasteiger partial charge in [0.15, 0.2) is 5.11 Å². The van der Waals surface area contributed by atoms with Gasteiger partial charge in [0.2, 0.25) is 0 Å². The number of anilines is 1. The molecule has 2 rings (SSSR count). The van der Waals surface area contributed by atoms with Crippen molar-refractivity contribution in [2.24, 2.45) is 0 Å². The van der Waals surface area contributed by atoms with Crippen molar-refractivity contribution >= 4 is 34.8 Å². The van der Waals surface area contributed by atoms with Crippen LogP contribution < -0.4 is 16.0 Å². The maximum Gasteiger partial charge on any atom is 0.260 e. The summed E-state index contributed by atoms with van der Waals surface area (Å²) < 4.78 is 13.6. The second kappa shape index (κ2) is 9.62. The third-order valence-electron chi connectivity index (χ3n) is 3.54. The summed E-state index contributed by atoms with van der Waals surface area (Å²) in [5.41, 5.74) is 0.932. The van der Waals surface area contributed by atoms with Gasteiger partial charge in [0, 0.05) is 17.8 Å². The SMILES string of the molecule is CCCCNC(=O)c1cccc(NC(=S)NC(=O)c2ccccc2F)c1. The van der Waals surface area contributed by atoms with Crippen molar-refractivity contribution in [2.45, 2.75) is 19.8 Å². The number of rotatable bonds is 6. The number of hydrogen-bond acceptors (Lipinski definition) is 3. The molecule has 3 N–H and O–H groups in total. The first-order valence-electron chi connectivity index (χ1n) is 8.26. The quantitative estimate of drug-likeness (QED) is 0.536. The standard InChI is InChI=1S/C19H20FN3O2S/c1-2-3-11-21-17(24)13-7-6-8-14(12-13)22-19(26)23-18(25)15-9-4-5-10-16(15)20/h4-10,12H,2-3,11H2,1H3,(H,21,24)(H2,22,23,25,26). The Morgan fingerprint density at radius 2 is 1.85 bits per heavy atom. The van der Waals surface area contributed by atoms with Crippen LogP contribution in [0.5, 0.6) is 0 Å². The molecule has 0 aliphatic heterocycles. The number of carbonyl (C=O) groups is 2. The van der Waals surface area contributed by atoms with Gasteiger partial charge in [0.25, 0.3) is 11.8 Å². The summed E-state index contributed by atoms with van der Waals surface area (Å²) in [6.07, 6.45) is 1.91. The molecule has 0 fully saturated rings. The van der Waals surface area contributed by atoms with E-state index in [1.165, 1.54) is 18.2 Å². The van der Waals surface area contributed by atoms with Crippen molar-refractivity contribution in [2.75, 3.05) is 11.9 Å². The Morgan fingerprint density at radius 3 is 2.58 bits per heavy atom. The fourth-order valence-electron chi connectivity index (χ4n) is 2.20. The van der Waals surface area contributed by atoms with Gasteiger partial charge < -0.3 is 10.6 Å². The predicted octanol–water partition coefficient (Wildman–Crippen LogP) is 3.48. The molecular weight excluding hydrogens is 353 g/mol. The minimum atomic E-state index is -0.644. The van der Waals surface area contributed by atoms with E-state index in [4.69, 9.17) is 12.2 Å². The van der Waals surface area contributed by atoms with Crippen LogP contribution in [-0.2, 0) is 0 Å². The van der Waals surface area contributed by atoms with Crippen LogP contribution in [0.15, 0.2) is 48.5 Å². The van der Waals surface area contributed by atoms with Gasteiger partial charge in [0.1, 0.15) is 5.82 Å². The molecular formula is C19H20FN3O2S. The molecule has 0 radical (unpaired) electrons. The number of carbonyl (C=O) groups excluding carboxylic acids is 2. The summed E-state index contributed by atoms with van der Waals surface area (Å²) in [6.45, 7) is 2.66. The van der Waals surface area contributed by atoms with E-state index in [2.05, 4.69) is 16.0 Å². The van der Waals surface area contributed by atoms with Crippen LogP contribution in [0.1, 0.15) is 40.5 Å². The lowest BCUT2D eigenvalue weighted by molar-refractivity contribution is 0.0950. The molecule has 0 aromatic heterocycles. The molecule has 2 amide bonds. The van der Waals surface area contributed by atoms with E-state index in [-0.39, 0.29) is 16.6 Å². The summed E-state index contributed by atoms with van der Waals surface area (Å²) in [4.78, 5) is 24.1. The van der Waals surface area contributed by atoms with Gasteiger partial charge in [-0.05, 0) is 49.0 Å². The highest BCUT2D eigenvalue weighted by molar-refractivity contribution is 7.80. The summed E-state index contributed by atoms with van der Waals surface area (Å²) in [6, 6.07) is 12.4. The number of halogens is 1. The van der Waals surface area contributed by atoms with Crippen molar-refractivity contribution in [3.8, 4) is 0 Å². The fourth-order valence-corrected chi connectivity index (χ4v) is 2.41. The Labute approximate surface area is 157 Å². The first kappa shape index (κ1) is 19.5. The molecule has 0 saturated carbocycles. The van der Waals surface area contributed by atoms with E-state index >= 15 is 0 Å². The molecule has 2 aromatic rings. The Bertz CT molecular complexity index is 811. The molecule has 0 unspecified atom stereocenters. The number of thiocarbonyl (C=S) groups is 1. The minimum absolute atomic E-state index is 0.0156. The molecule has 0 saturated heterocycles. The lowest BCUT2D eigenvalue weighted by atomic mass is 10.2. The zero-order valence-electron chi connectivity index (χ0n) is 14.3. The van der Waals surface area contributed by atoms with E-state index in [1.54, 1.807) is 30.3 Å². The molecule has 26 heavy (non-hydrogen) atoms. The molecule has 0 aliphatic rings. The molecule has 0 atom stereocenters. The molecule has 0 aliphatic carbocycles. The molecule has 7 heteroatoms. The Balaban J connectivity index is 1.96. The maximum atomic E-state index is 13.6. The van der Waals surface area contributed by atoms with Gasteiger partial charge >= 0.3 is 0 Å². The number of amides is 2. The third-order valence-corrected chi connectivity index (χ3v) is 3.75. The highest BCUT2D eigenvalue weighted by atomic mass is 32.1. The van der Waals surface area contributed by atoms with Gasteiger partial charge in [-0.3, -0.25) is 14.9 Å². The highest BCUT2D eigenvalue weighted by Crippen LogP contribution is 2.11. The number of benzene rings is 2. The molecule has 0 bridgehead atoms.